The van der Waals surface area contributed by atoms with Crippen LogP contribution >= 0.6 is 11.6 Å². The van der Waals surface area contributed by atoms with Crippen molar-refractivity contribution in [1.29, 1.82) is 5.26 Å². The van der Waals surface area contributed by atoms with Crippen molar-refractivity contribution >= 4 is 34.6 Å². The van der Waals surface area contributed by atoms with Crippen LogP contribution < -0.4 is 4.90 Å². The topological polar surface area (TPSA) is 111 Å². The van der Waals surface area contributed by atoms with Gasteiger partial charge in [-0.05, 0) is 57.2 Å². The maximum atomic E-state index is 14.7. The van der Waals surface area contributed by atoms with E-state index in [-0.39, 0.29) is 12.1 Å². The molecule has 2 aliphatic heterocycles. The zero-order chi connectivity index (χ0) is 27.0. The second-order valence-corrected chi connectivity index (χ2v) is 10.8. The number of carboxylic acids is 1. The van der Waals surface area contributed by atoms with Gasteiger partial charge in [0.1, 0.15) is 23.2 Å². The number of carbonyl (C=O) groups is 1. The van der Waals surface area contributed by atoms with Crippen molar-refractivity contribution in [3.05, 3.63) is 46.5 Å². The van der Waals surface area contributed by atoms with Gasteiger partial charge in [0.05, 0.1) is 12.2 Å². The lowest BCUT2D eigenvalue weighted by Crippen LogP contribution is -2.52. The Hall–Kier alpha value is -3.29. The zero-order valence-electron chi connectivity index (χ0n) is 21.5. The second-order valence-electron chi connectivity index (χ2n) is 10.4. The van der Waals surface area contributed by atoms with Crippen molar-refractivity contribution in [3.8, 4) is 6.07 Å². The van der Waals surface area contributed by atoms with Crippen LogP contribution in [0.15, 0.2) is 24.4 Å². The number of hydrogen-bond donors (Lipinski definition) is 1. The first kappa shape index (κ1) is 26.3. The van der Waals surface area contributed by atoms with E-state index in [0.717, 1.165) is 38.9 Å². The number of hydrogen-bond acceptors (Lipinski definition) is 7. The SMILES string of the molecule is C[C@@H]1CN(c2cnc3c(C#N)nn([C@H](C)c4ccc(Cl)cc4F)c3n2)CC[C@@H]1N1CCC[C@H]1CCC(=O)O. The fraction of sp³-hybridized carbons (Fsp3) is 0.519. The molecule has 4 heterocycles. The molecule has 1 aromatic carbocycles. The van der Waals surface area contributed by atoms with Gasteiger partial charge in [-0.2, -0.15) is 10.4 Å². The lowest BCUT2D eigenvalue weighted by atomic mass is 9.91. The number of likely N-dealkylation sites (tertiary alicyclic amines) is 1. The summed E-state index contributed by atoms with van der Waals surface area (Å²) in [5.74, 6) is -0.134. The molecule has 0 bridgehead atoms. The van der Waals surface area contributed by atoms with Crippen LogP contribution in [0.2, 0.25) is 5.02 Å². The first-order chi connectivity index (χ1) is 18.3. The number of benzene rings is 1. The van der Waals surface area contributed by atoms with Gasteiger partial charge in [-0.1, -0.05) is 24.6 Å². The first-order valence-corrected chi connectivity index (χ1v) is 13.5. The molecule has 0 amide bonds. The van der Waals surface area contributed by atoms with E-state index in [0.29, 0.717) is 52.0 Å². The number of piperidine rings is 1. The lowest BCUT2D eigenvalue weighted by Gasteiger charge is -2.43. The molecule has 4 atom stereocenters. The Morgan fingerprint density at radius 2 is 2.16 bits per heavy atom. The third-order valence-corrected chi connectivity index (χ3v) is 8.23. The number of rotatable bonds is 7. The quantitative estimate of drug-likeness (QED) is 0.462. The Labute approximate surface area is 225 Å². The van der Waals surface area contributed by atoms with E-state index in [1.54, 1.807) is 29.9 Å². The minimum absolute atomic E-state index is 0.147. The monoisotopic (exact) mass is 539 g/mol. The molecular weight excluding hydrogens is 509 g/mol. The number of nitriles is 1. The van der Waals surface area contributed by atoms with Crippen LogP contribution in [-0.4, -0.2) is 67.4 Å². The normalized spacial score (nSPS) is 23.0. The summed E-state index contributed by atoms with van der Waals surface area (Å²) in [5, 5.41) is 23.5. The highest BCUT2D eigenvalue weighted by molar-refractivity contribution is 6.30. The molecule has 0 saturated carbocycles. The van der Waals surface area contributed by atoms with Gasteiger partial charge >= 0.3 is 5.97 Å². The molecule has 0 radical (unpaired) electrons. The minimum atomic E-state index is -0.736. The van der Waals surface area contributed by atoms with Crippen LogP contribution in [0.1, 0.15) is 63.3 Å². The molecule has 2 saturated heterocycles. The first-order valence-electron chi connectivity index (χ1n) is 13.1. The Morgan fingerprint density at radius 3 is 2.87 bits per heavy atom. The highest BCUT2D eigenvalue weighted by Gasteiger charge is 2.37. The third kappa shape index (κ3) is 5.05. The molecular formula is C27H31ClFN7O2. The predicted molar refractivity (Wildman–Crippen MR) is 142 cm³/mol. The van der Waals surface area contributed by atoms with Gasteiger partial charge in [0.25, 0.3) is 0 Å². The molecule has 11 heteroatoms. The molecule has 2 aliphatic rings. The second kappa shape index (κ2) is 10.8. The van der Waals surface area contributed by atoms with E-state index < -0.39 is 17.8 Å². The van der Waals surface area contributed by atoms with Gasteiger partial charge < -0.3 is 10.0 Å². The predicted octanol–water partition coefficient (Wildman–Crippen LogP) is 4.64. The molecule has 0 spiro atoms. The summed E-state index contributed by atoms with van der Waals surface area (Å²) in [6.07, 6.45) is 5.69. The smallest absolute Gasteiger partial charge is 0.303 e. The Balaban J connectivity index is 1.38. The number of nitrogens with zero attached hydrogens (tertiary/aromatic N) is 7. The summed E-state index contributed by atoms with van der Waals surface area (Å²) in [4.78, 5) is 25.2. The third-order valence-electron chi connectivity index (χ3n) is 8.00. The standard InChI is InChI=1S/C27H31ClFN7O2/c1-16-15-34(11-9-23(16)35-10-3-4-19(35)6-8-25(37)38)24-14-31-26-22(13-30)33-36(27(26)32-24)17(2)20-7-5-18(28)12-21(20)29/h5,7,12,14,16-17,19,23H,3-4,6,8-11,15H2,1-2H3,(H,37,38)/t16-,17-,19+,23+/m1/s1. The number of anilines is 1. The maximum Gasteiger partial charge on any atom is 0.303 e. The molecule has 2 fully saturated rings. The molecule has 5 rings (SSSR count). The van der Waals surface area contributed by atoms with Crippen molar-refractivity contribution in [2.75, 3.05) is 24.5 Å². The van der Waals surface area contributed by atoms with E-state index in [1.807, 2.05) is 0 Å². The van der Waals surface area contributed by atoms with Crippen LogP contribution in [0, 0.1) is 23.1 Å². The number of aliphatic carboxylic acids is 1. The Kier molecular flexibility index (Phi) is 7.50. The number of carboxylic acid groups (broad SMARTS) is 1. The summed E-state index contributed by atoms with van der Waals surface area (Å²) in [5.41, 5.74) is 1.37. The average Bonchev–Trinajstić information content (AvgIpc) is 3.51. The van der Waals surface area contributed by atoms with Gasteiger partial charge in [0.15, 0.2) is 11.3 Å². The van der Waals surface area contributed by atoms with E-state index in [2.05, 4.69) is 32.9 Å². The van der Waals surface area contributed by atoms with Gasteiger partial charge in [-0.15, -0.1) is 0 Å². The summed E-state index contributed by atoms with van der Waals surface area (Å²) in [7, 11) is 0. The molecule has 38 heavy (non-hydrogen) atoms. The summed E-state index contributed by atoms with van der Waals surface area (Å²) < 4.78 is 16.3. The van der Waals surface area contributed by atoms with Crippen LogP contribution in [0.4, 0.5) is 10.2 Å². The average molecular weight is 540 g/mol. The van der Waals surface area contributed by atoms with E-state index in [4.69, 9.17) is 21.7 Å². The van der Waals surface area contributed by atoms with E-state index >= 15 is 0 Å². The van der Waals surface area contributed by atoms with E-state index in [9.17, 15) is 14.4 Å². The number of halogens is 2. The van der Waals surface area contributed by atoms with Crippen molar-refractivity contribution in [3.63, 3.8) is 0 Å². The minimum Gasteiger partial charge on any atom is -0.481 e. The van der Waals surface area contributed by atoms with Crippen LogP contribution in [0.5, 0.6) is 0 Å². The Morgan fingerprint density at radius 1 is 1.34 bits per heavy atom. The fourth-order valence-corrected chi connectivity index (χ4v) is 6.26. The summed E-state index contributed by atoms with van der Waals surface area (Å²) in [6, 6.07) is 6.79. The Bertz CT molecular complexity index is 1390. The highest BCUT2D eigenvalue weighted by Crippen LogP contribution is 2.33. The van der Waals surface area contributed by atoms with Crippen molar-refractivity contribution in [2.24, 2.45) is 5.92 Å². The molecule has 200 valence electrons. The molecule has 9 nitrogen and oxygen atoms in total. The van der Waals surface area contributed by atoms with Crippen molar-refractivity contribution in [1.82, 2.24) is 24.6 Å². The van der Waals surface area contributed by atoms with Crippen LogP contribution in [0.3, 0.4) is 0 Å². The highest BCUT2D eigenvalue weighted by atomic mass is 35.5. The van der Waals surface area contributed by atoms with Crippen molar-refractivity contribution in [2.45, 2.75) is 64.1 Å². The maximum absolute atomic E-state index is 14.7. The van der Waals surface area contributed by atoms with E-state index in [1.165, 1.54) is 6.07 Å². The summed E-state index contributed by atoms with van der Waals surface area (Å²) in [6.45, 7) is 6.63. The summed E-state index contributed by atoms with van der Waals surface area (Å²) >= 11 is 5.94. The van der Waals surface area contributed by atoms with Gasteiger partial charge in [-0.3, -0.25) is 9.69 Å². The largest absolute Gasteiger partial charge is 0.481 e. The molecule has 1 N–H and O–H groups in total. The molecule has 0 unspecified atom stereocenters. The molecule has 2 aromatic heterocycles. The molecule has 0 aliphatic carbocycles. The number of aromatic nitrogens is 4. The molecule has 3 aromatic rings. The van der Waals surface area contributed by atoms with Gasteiger partial charge in [-0.25, -0.2) is 19.0 Å². The fourth-order valence-electron chi connectivity index (χ4n) is 6.10. The number of fused-ring (bicyclic) bond motifs is 1. The lowest BCUT2D eigenvalue weighted by molar-refractivity contribution is -0.137. The zero-order valence-corrected chi connectivity index (χ0v) is 22.3. The van der Waals surface area contributed by atoms with Gasteiger partial charge in [0.2, 0.25) is 0 Å². The van der Waals surface area contributed by atoms with Gasteiger partial charge in [0, 0.05) is 42.2 Å². The van der Waals surface area contributed by atoms with Crippen molar-refractivity contribution < 1.29 is 14.3 Å². The van der Waals surface area contributed by atoms with Crippen LogP contribution in [-0.2, 0) is 4.79 Å². The van der Waals surface area contributed by atoms with Crippen LogP contribution in [0.25, 0.3) is 11.2 Å².